The average molecular weight is 647 g/mol. The van der Waals surface area contributed by atoms with Gasteiger partial charge in [0.1, 0.15) is 0 Å². The summed E-state index contributed by atoms with van der Waals surface area (Å²) < 4.78 is 0. The van der Waals surface area contributed by atoms with E-state index in [2.05, 4.69) is 59.9 Å². The zero-order valence-corrected chi connectivity index (χ0v) is 16.0. The van der Waals surface area contributed by atoms with Gasteiger partial charge in [-0.2, -0.15) is 0 Å². The van der Waals surface area contributed by atoms with Crippen LogP contribution in [0, 0.1) is 7.43 Å². The van der Waals surface area contributed by atoms with Crippen LogP contribution in [-0.4, -0.2) is 0 Å². The molecule has 0 N–H and O–H groups in total. The molecule has 0 unspecified atom stereocenters. The molecule has 5 heteroatoms. The fourth-order valence-electron chi connectivity index (χ4n) is 0.250. The molecule has 0 nitrogen and oxygen atoms in total. The standard InChI is InChI=1S/C4H8.CH4.CH3.4HI.V/c1-2-4-3-1;;;;;;;/h1-4H2;1H4;1H3;4*1H;/q;;-1;;;;;+3/p-3. The molecule has 0 aromatic heterocycles. The molecule has 0 heterocycles. The van der Waals surface area contributed by atoms with Crippen molar-refractivity contribution >= 4 is 83.9 Å². The van der Waals surface area contributed by atoms with E-state index < -0.39 is 0 Å². The molecule has 1 aliphatic carbocycles. The van der Waals surface area contributed by atoms with Crippen molar-refractivity contribution in [3.63, 3.8) is 0 Å². The topological polar surface area (TPSA) is 0 Å². The van der Waals surface area contributed by atoms with Crippen LogP contribution < -0.4 is 0 Å². The van der Waals surface area contributed by atoms with Gasteiger partial charge in [0.05, 0.1) is 0 Å². The van der Waals surface area contributed by atoms with E-state index in [4.69, 9.17) is 0 Å². The van der Waals surface area contributed by atoms with Gasteiger partial charge in [0, 0.05) is 0 Å². The molecular weight excluding hydrogens is 631 g/mol. The Hall–Kier alpha value is 3.50. The van der Waals surface area contributed by atoms with E-state index in [9.17, 15) is 0 Å². The van der Waals surface area contributed by atoms with Crippen LogP contribution in [0.3, 0.4) is 0 Å². The average Bonchev–Trinajstić information content (AvgIpc) is 1.19. The molecule has 1 saturated carbocycles. The van der Waals surface area contributed by atoms with Gasteiger partial charge < -0.3 is 7.43 Å². The van der Waals surface area contributed by atoms with Crippen molar-refractivity contribution in [1.82, 2.24) is 0 Å². The first-order chi connectivity index (χ1) is 3.73. The van der Waals surface area contributed by atoms with Gasteiger partial charge in [0.2, 0.25) is 0 Å². The Morgan fingerprint density at radius 3 is 0.909 bits per heavy atom. The maximum atomic E-state index is 2.46. The fraction of sp³-hybridized carbons (Fsp3) is 0.833. The van der Waals surface area contributed by atoms with Crippen molar-refractivity contribution in [2.75, 3.05) is 0 Å². The normalized spacial score (nSPS) is 12.0. The summed E-state index contributed by atoms with van der Waals surface area (Å²) in [4.78, 5) is -0.278. The molecule has 0 spiro atoms. The van der Waals surface area contributed by atoms with Crippen molar-refractivity contribution in [1.29, 1.82) is 0 Å². The first-order valence-corrected chi connectivity index (χ1v) is 16.0. The molecule has 0 saturated heterocycles. The Morgan fingerprint density at radius 2 is 0.909 bits per heavy atom. The van der Waals surface area contributed by atoms with E-state index in [1.165, 1.54) is 25.7 Å². The second kappa shape index (κ2) is 19.1. The summed E-state index contributed by atoms with van der Waals surface area (Å²) >= 11 is 7.39. The van der Waals surface area contributed by atoms with Gasteiger partial charge in [0.15, 0.2) is 0 Å². The summed E-state index contributed by atoms with van der Waals surface area (Å²) in [6, 6.07) is 0. The first kappa shape index (κ1) is 24.0. The Labute approximate surface area is 127 Å². The fourth-order valence-corrected chi connectivity index (χ4v) is 0.250. The minimum atomic E-state index is -0.278. The number of hydrogen-bond donors (Lipinski definition) is 0. The zero-order valence-electron chi connectivity index (χ0n) is 5.82. The van der Waals surface area contributed by atoms with E-state index in [1.54, 1.807) is 0 Å². The van der Waals surface area contributed by atoms with Gasteiger partial charge in [-0.3, -0.25) is 0 Å². The molecule has 1 fully saturated rings. The molecule has 0 aromatic rings. The third-order valence-electron chi connectivity index (χ3n) is 1.000. The summed E-state index contributed by atoms with van der Waals surface area (Å²) in [5, 5.41) is 0. The molecule has 0 aliphatic heterocycles. The predicted octanol–water partition coefficient (Wildman–Crippen LogP) is 5.92. The summed E-state index contributed by atoms with van der Waals surface area (Å²) in [7, 11) is 0. The summed E-state index contributed by atoms with van der Waals surface area (Å²) in [6.45, 7) is 0. The van der Waals surface area contributed by atoms with Gasteiger partial charge in [-0.05, 0) is 0 Å². The second-order valence-corrected chi connectivity index (χ2v) is 37.0. The Bertz CT molecular complexity index is 41.1. The van der Waals surface area contributed by atoms with Crippen LogP contribution in [0.1, 0.15) is 33.1 Å². The molecule has 0 radical (unpaired) electrons. The SMILES string of the molecule is C.C1CCC1.I.[CH3-].[I][V]([I])[I]. The zero-order chi connectivity index (χ0) is 6.41. The Balaban J connectivity index is -0.0000000350. The van der Waals surface area contributed by atoms with Gasteiger partial charge in [0.25, 0.3) is 0 Å². The van der Waals surface area contributed by atoms with E-state index in [0.717, 1.165) is 0 Å². The molecular formula is C6H16I4V-. The third kappa shape index (κ3) is 31.7. The number of halogens is 4. The maximum absolute atomic E-state index is 2.46. The Morgan fingerprint density at radius 1 is 0.818 bits per heavy atom. The third-order valence-corrected chi connectivity index (χ3v) is 1.000. The van der Waals surface area contributed by atoms with Gasteiger partial charge >= 0.3 is 64.9 Å². The van der Waals surface area contributed by atoms with Gasteiger partial charge in [-0.15, -0.1) is 24.0 Å². The number of rotatable bonds is 0. The molecule has 1 rings (SSSR count). The van der Waals surface area contributed by atoms with E-state index >= 15 is 0 Å². The molecule has 1 aliphatic rings. The first-order valence-electron chi connectivity index (χ1n) is 2.51. The van der Waals surface area contributed by atoms with Crippen molar-refractivity contribution in [3.8, 4) is 0 Å². The Kier molecular flexibility index (Phi) is 41.7. The summed E-state index contributed by atoms with van der Waals surface area (Å²) in [5.74, 6) is 0. The second-order valence-electron chi connectivity index (χ2n) is 1.61. The van der Waals surface area contributed by atoms with Crippen molar-refractivity contribution in [2.24, 2.45) is 0 Å². The molecule has 11 heavy (non-hydrogen) atoms. The van der Waals surface area contributed by atoms with Crippen molar-refractivity contribution in [3.05, 3.63) is 7.43 Å². The van der Waals surface area contributed by atoms with Crippen LogP contribution in [-0.2, 0) is 4.92 Å². The molecule has 0 atom stereocenters. The van der Waals surface area contributed by atoms with Crippen molar-refractivity contribution in [2.45, 2.75) is 33.1 Å². The van der Waals surface area contributed by atoms with Crippen LogP contribution in [0.15, 0.2) is 0 Å². The molecule has 0 bridgehead atoms. The number of hydrogen-bond acceptors (Lipinski definition) is 0. The van der Waals surface area contributed by atoms with E-state index in [1.807, 2.05) is 0 Å². The summed E-state index contributed by atoms with van der Waals surface area (Å²) in [6.07, 6.45) is 6.00. The van der Waals surface area contributed by atoms with Gasteiger partial charge in [-0.25, -0.2) is 0 Å². The monoisotopic (exact) mass is 647 g/mol. The van der Waals surface area contributed by atoms with Crippen LogP contribution in [0.2, 0.25) is 0 Å². The van der Waals surface area contributed by atoms with E-state index in [-0.39, 0.29) is 43.8 Å². The quantitative estimate of drug-likeness (QED) is 0.227. The van der Waals surface area contributed by atoms with Gasteiger partial charge in [-0.1, -0.05) is 33.1 Å². The van der Waals surface area contributed by atoms with Crippen LogP contribution in [0.4, 0.5) is 0 Å². The molecule has 74 valence electrons. The van der Waals surface area contributed by atoms with Crippen molar-refractivity contribution < 1.29 is 4.92 Å². The predicted molar refractivity (Wildman–Crippen MR) is 89.1 cm³/mol. The summed E-state index contributed by atoms with van der Waals surface area (Å²) in [5.41, 5.74) is 0. The molecule has 0 aromatic carbocycles. The van der Waals surface area contributed by atoms with Crippen LogP contribution >= 0.6 is 83.9 Å². The molecule has 0 amide bonds. The minimum absolute atomic E-state index is 0. The van der Waals surface area contributed by atoms with Crippen LogP contribution in [0.5, 0.6) is 0 Å². The van der Waals surface area contributed by atoms with Crippen LogP contribution in [0.25, 0.3) is 0 Å². The van der Waals surface area contributed by atoms with E-state index in [0.29, 0.717) is 0 Å².